The van der Waals surface area contributed by atoms with Gasteiger partial charge in [-0.15, -0.1) is 0 Å². The molecule has 11 nitrogen and oxygen atoms in total. The molecular formula is C15H22N5O6P. The third-order valence-electron chi connectivity index (χ3n) is 4.54. The van der Waals surface area contributed by atoms with Crippen LogP contribution in [0.4, 0.5) is 5.95 Å². The van der Waals surface area contributed by atoms with E-state index >= 15 is 0 Å². The molecule has 0 bridgehead atoms. The topological polar surface area (TPSA) is 133 Å². The second-order valence-corrected chi connectivity index (χ2v) is 8.55. The van der Waals surface area contributed by atoms with Crippen molar-refractivity contribution < 1.29 is 27.6 Å². The minimum absolute atomic E-state index is 0.0668. The molecule has 0 spiro atoms. The van der Waals surface area contributed by atoms with Crippen molar-refractivity contribution in [3.8, 4) is 5.88 Å². The van der Waals surface area contributed by atoms with Crippen LogP contribution in [0.1, 0.15) is 33.4 Å². The Kier molecular flexibility index (Phi) is 4.39. The minimum atomic E-state index is -3.65. The lowest BCUT2D eigenvalue weighted by molar-refractivity contribution is -0.108. The maximum Gasteiger partial charge on any atom is 0.475 e. The number of nitrogens with zero attached hydrogens (tertiary/aromatic N) is 4. The van der Waals surface area contributed by atoms with Gasteiger partial charge >= 0.3 is 7.82 Å². The molecule has 4 heterocycles. The summed E-state index contributed by atoms with van der Waals surface area (Å²) in [5, 5.41) is 0. The molecule has 148 valence electrons. The second-order valence-electron chi connectivity index (χ2n) is 7.00. The van der Waals surface area contributed by atoms with E-state index in [0.29, 0.717) is 17.6 Å². The van der Waals surface area contributed by atoms with Crippen LogP contribution in [0.15, 0.2) is 6.33 Å². The van der Waals surface area contributed by atoms with E-state index in [1.165, 1.54) is 7.11 Å². The fourth-order valence-electron chi connectivity index (χ4n) is 3.35. The van der Waals surface area contributed by atoms with Gasteiger partial charge in [0.25, 0.3) is 0 Å². The summed E-state index contributed by atoms with van der Waals surface area (Å²) in [6.07, 6.45) is 0.818. The van der Waals surface area contributed by atoms with Gasteiger partial charge in [0, 0.05) is 6.42 Å². The normalized spacial score (nSPS) is 33.5. The molecule has 12 heteroatoms. The van der Waals surface area contributed by atoms with Gasteiger partial charge in [-0.3, -0.25) is 18.1 Å². The highest BCUT2D eigenvalue weighted by molar-refractivity contribution is 7.48. The molecule has 2 N–H and O–H groups in total. The Hall–Kier alpha value is -1.78. The maximum absolute atomic E-state index is 12.7. The lowest BCUT2D eigenvalue weighted by atomic mass is 9.98. The largest absolute Gasteiger partial charge is 0.479 e. The summed E-state index contributed by atoms with van der Waals surface area (Å²) in [7, 11) is -2.16. The summed E-state index contributed by atoms with van der Waals surface area (Å²) in [6.45, 7) is 5.47. The molecule has 2 fully saturated rings. The zero-order valence-electron chi connectivity index (χ0n) is 15.5. The van der Waals surface area contributed by atoms with Crippen molar-refractivity contribution in [2.75, 3.05) is 19.5 Å². The average Bonchev–Trinajstić information content (AvgIpc) is 3.12. The van der Waals surface area contributed by atoms with E-state index in [4.69, 9.17) is 28.8 Å². The van der Waals surface area contributed by atoms with Crippen LogP contribution in [0.25, 0.3) is 11.2 Å². The van der Waals surface area contributed by atoms with Crippen LogP contribution in [-0.2, 0) is 22.9 Å². The first-order valence-electron chi connectivity index (χ1n) is 8.56. The highest BCUT2D eigenvalue weighted by atomic mass is 31.2. The molecule has 2 aliphatic heterocycles. The number of nitrogen functional groups attached to an aromatic ring is 1. The lowest BCUT2D eigenvalue weighted by Gasteiger charge is -2.37. The molecule has 4 rings (SSSR count). The van der Waals surface area contributed by atoms with E-state index in [9.17, 15) is 4.57 Å². The van der Waals surface area contributed by atoms with E-state index in [1.807, 2.05) is 6.92 Å². The molecule has 4 unspecified atom stereocenters. The summed E-state index contributed by atoms with van der Waals surface area (Å²) in [6, 6.07) is 0. The van der Waals surface area contributed by atoms with Gasteiger partial charge in [0.15, 0.2) is 11.2 Å². The van der Waals surface area contributed by atoms with Gasteiger partial charge in [-0.25, -0.2) is 9.55 Å². The third kappa shape index (κ3) is 3.19. The predicted octanol–water partition coefficient (Wildman–Crippen LogP) is 2.04. The van der Waals surface area contributed by atoms with Gasteiger partial charge in [-0.05, 0) is 20.8 Å². The molecule has 0 aromatic carbocycles. The van der Waals surface area contributed by atoms with Crippen molar-refractivity contribution in [1.82, 2.24) is 19.5 Å². The van der Waals surface area contributed by atoms with E-state index in [1.54, 1.807) is 24.7 Å². The summed E-state index contributed by atoms with van der Waals surface area (Å²) in [5.74, 6) is 0.351. The molecule has 2 aromatic rings. The van der Waals surface area contributed by atoms with Crippen LogP contribution in [0.2, 0.25) is 0 Å². The van der Waals surface area contributed by atoms with Crippen LogP contribution in [0, 0.1) is 0 Å². The number of aromatic nitrogens is 4. The number of hydrogen-bond acceptors (Lipinski definition) is 10. The molecule has 4 atom stereocenters. The molecule has 0 saturated carbocycles. The Labute approximate surface area is 155 Å². The third-order valence-corrected chi connectivity index (χ3v) is 6.32. The van der Waals surface area contributed by atoms with Gasteiger partial charge in [-0.2, -0.15) is 9.97 Å². The number of methoxy groups -OCH3 is 1. The molecule has 2 aromatic heterocycles. The first kappa shape index (κ1) is 18.6. The minimum Gasteiger partial charge on any atom is -0.479 e. The monoisotopic (exact) mass is 399 g/mol. The van der Waals surface area contributed by atoms with Crippen LogP contribution in [0.5, 0.6) is 5.88 Å². The lowest BCUT2D eigenvalue weighted by Crippen LogP contribution is -2.44. The fourth-order valence-corrected chi connectivity index (χ4v) is 5.04. The Morgan fingerprint density at radius 3 is 2.93 bits per heavy atom. The highest BCUT2D eigenvalue weighted by Gasteiger charge is 2.56. The first-order valence-corrected chi connectivity index (χ1v) is 10.0. The summed E-state index contributed by atoms with van der Waals surface area (Å²) >= 11 is 0. The zero-order chi connectivity index (χ0) is 19.4. The van der Waals surface area contributed by atoms with Crippen molar-refractivity contribution in [2.24, 2.45) is 0 Å². The van der Waals surface area contributed by atoms with Gasteiger partial charge in [0.1, 0.15) is 17.9 Å². The van der Waals surface area contributed by atoms with Crippen molar-refractivity contribution in [1.29, 1.82) is 0 Å². The van der Waals surface area contributed by atoms with E-state index < -0.39 is 25.8 Å². The average molecular weight is 399 g/mol. The molecule has 2 aliphatic rings. The van der Waals surface area contributed by atoms with Crippen molar-refractivity contribution >= 4 is 24.9 Å². The van der Waals surface area contributed by atoms with Crippen molar-refractivity contribution in [3.05, 3.63) is 6.33 Å². The standard InChI is InChI=1S/C15H22N5O6P/c1-8(2)25-27(21)23-6-9-15(3,26-27)5-10(24-9)20-7-17-11-12(20)18-14(16)19-13(11)22-4/h7-10H,5-6H2,1-4H3,(H2,16,18,19). The Bertz CT molecular complexity index is 919. The van der Waals surface area contributed by atoms with E-state index in [0.717, 1.165) is 0 Å². The van der Waals surface area contributed by atoms with Crippen LogP contribution < -0.4 is 10.5 Å². The molecule has 0 radical (unpaired) electrons. The predicted molar refractivity (Wildman–Crippen MR) is 94.1 cm³/mol. The van der Waals surface area contributed by atoms with Gasteiger partial charge in [0.05, 0.1) is 26.1 Å². The number of phosphoric acid groups is 1. The van der Waals surface area contributed by atoms with Crippen LogP contribution >= 0.6 is 7.82 Å². The Morgan fingerprint density at radius 2 is 2.22 bits per heavy atom. The second kappa shape index (κ2) is 6.39. The number of ether oxygens (including phenoxy) is 2. The molecular weight excluding hydrogens is 377 g/mol. The number of phosphoric ester groups is 1. The van der Waals surface area contributed by atoms with Crippen molar-refractivity contribution in [3.63, 3.8) is 0 Å². The summed E-state index contributed by atoms with van der Waals surface area (Å²) < 4.78 is 42.3. The first-order chi connectivity index (χ1) is 12.7. The highest BCUT2D eigenvalue weighted by Crippen LogP contribution is 2.61. The summed E-state index contributed by atoms with van der Waals surface area (Å²) in [5.41, 5.74) is 5.88. The number of rotatable bonds is 4. The quantitative estimate of drug-likeness (QED) is 0.761. The van der Waals surface area contributed by atoms with Crippen LogP contribution in [0.3, 0.4) is 0 Å². The number of imidazole rings is 1. The smallest absolute Gasteiger partial charge is 0.475 e. The van der Waals surface area contributed by atoms with E-state index in [-0.39, 0.29) is 24.5 Å². The van der Waals surface area contributed by atoms with Crippen molar-refractivity contribution in [2.45, 2.75) is 51.2 Å². The van der Waals surface area contributed by atoms with Gasteiger partial charge < -0.3 is 15.2 Å². The zero-order valence-corrected chi connectivity index (χ0v) is 16.4. The van der Waals surface area contributed by atoms with Gasteiger partial charge in [0.2, 0.25) is 11.8 Å². The summed E-state index contributed by atoms with van der Waals surface area (Å²) in [4.78, 5) is 12.6. The Morgan fingerprint density at radius 1 is 1.44 bits per heavy atom. The fraction of sp³-hybridized carbons (Fsp3) is 0.667. The number of anilines is 1. The number of fused-ring (bicyclic) bond motifs is 2. The Balaban J connectivity index is 1.64. The number of nitrogens with two attached hydrogens (primary N) is 1. The maximum atomic E-state index is 12.7. The van der Waals surface area contributed by atoms with E-state index in [2.05, 4.69) is 15.0 Å². The van der Waals surface area contributed by atoms with Gasteiger partial charge in [-0.1, -0.05) is 0 Å². The number of hydrogen-bond donors (Lipinski definition) is 1. The molecule has 0 aliphatic carbocycles. The molecule has 2 saturated heterocycles. The molecule has 0 amide bonds. The SMILES string of the molecule is COc1nc(N)nc2c1ncn2C1CC2(C)OP(=O)(OC(C)C)OCC2O1. The van der Waals surface area contributed by atoms with Crippen LogP contribution in [-0.4, -0.2) is 51.0 Å². The molecule has 27 heavy (non-hydrogen) atoms.